The van der Waals surface area contributed by atoms with Gasteiger partial charge in [0.15, 0.2) is 0 Å². The zero-order chi connectivity index (χ0) is 13.7. The van der Waals surface area contributed by atoms with Crippen LogP contribution in [-0.2, 0) is 4.79 Å². The van der Waals surface area contributed by atoms with E-state index in [1.165, 1.54) is 0 Å². The summed E-state index contributed by atoms with van der Waals surface area (Å²) in [6, 6.07) is 0.227. The molecule has 0 spiro atoms. The average molecular weight is 256 g/mol. The van der Waals surface area contributed by atoms with E-state index in [1.807, 2.05) is 25.7 Å². The van der Waals surface area contributed by atoms with Crippen LogP contribution in [0.25, 0.3) is 0 Å². The summed E-state index contributed by atoms with van der Waals surface area (Å²) >= 11 is 0. The molecule has 1 rings (SSSR count). The Hall–Kier alpha value is -0.650. The molecule has 0 aliphatic carbocycles. The van der Waals surface area contributed by atoms with Gasteiger partial charge in [0.2, 0.25) is 5.91 Å². The van der Waals surface area contributed by atoms with Crippen LogP contribution in [-0.4, -0.2) is 79.0 Å². The predicted molar refractivity (Wildman–Crippen MR) is 74.4 cm³/mol. The summed E-state index contributed by atoms with van der Waals surface area (Å²) in [5, 5.41) is 0. The summed E-state index contributed by atoms with van der Waals surface area (Å²) in [6.07, 6.45) is 0. The molecule has 0 radical (unpaired) electrons. The maximum atomic E-state index is 12.4. The molecule has 1 aliphatic heterocycles. The van der Waals surface area contributed by atoms with E-state index in [0.29, 0.717) is 12.6 Å². The van der Waals surface area contributed by atoms with Crippen molar-refractivity contribution >= 4 is 5.91 Å². The third kappa shape index (κ3) is 3.43. The smallest absolute Gasteiger partial charge is 0.239 e. The molecule has 0 aromatic carbocycles. The van der Waals surface area contributed by atoms with Crippen molar-refractivity contribution in [1.82, 2.24) is 14.7 Å². The fourth-order valence-corrected chi connectivity index (χ4v) is 2.69. The van der Waals surface area contributed by atoms with Crippen LogP contribution in [0.4, 0.5) is 0 Å². The van der Waals surface area contributed by atoms with Gasteiger partial charge in [-0.1, -0.05) is 0 Å². The van der Waals surface area contributed by atoms with Crippen molar-refractivity contribution in [1.29, 1.82) is 0 Å². The molecule has 0 aromatic heterocycles. The van der Waals surface area contributed by atoms with E-state index in [-0.39, 0.29) is 11.9 Å². The van der Waals surface area contributed by atoms with Crippen molar-refractivity contribution in [2.45, 2.75) is 32.9 Å². The minimum atomic E-state index is -0.0628. The quantitative estimate of drug-likeness (QED) is 0.741. The number of nitrogens with two attached hydrogens (primary N) is 1. The first kappa shape index (κ1) is 15.4. The van der Waals surface area contributed by atoms with E-state index < -0.39 is 0 Å². The van der Waals surface area contributed by atoms with Crippen LogP contribution in [0.5, 0.6) is 0 Å². The fraction of sp³-hybridized carbons (Fsp3) is 0.923. The molecule has 0 aromatic rings. The molecule has 1 heterocycles. The highest BCUT2D eigenvalue weighted by Gasteiger charge is 2.32. The maximum Gasteiger partial charge on any atom is 0.239 e. The highest BCUT2D eigenvalue weighted by molar-refractivity contribution is 5.81. The van der Waals surface area contributed by atoms with E-state index in [1.54, 1.807) is 0 Å². The van der Waals surface area contributed by atoms with Gasteiger partial charge in [-0.15, -0.1) is 0 Å². The third-order valence-electron chi connectivity index (χ3n) is 3.93. The summed E-state index contributed by atoms with van der Waals surface area (Å²) in [4.78, 5) is 18.8. The molecular formula is C13H28N4O. The molecule has 1 amide bonds. The van der Waals surface area contributed by atoms with E-state index >= 15 is 0 Å². The Morgan fingerprint density at radius 1 is 1.39 bits per heavy atom. The first-order valence-corrected chi connectivity index (χ1v) is 6.98. The minimum Gasteiger partial charge on any atom is -0.342 e. The van der Waals surface area contributed by atoms with Crippen LogP contribution in [0.1, 0.15) is 20.8 Å². The topological polar surface area (TPSA) is 52.8 Å². The number of amides is 1. The van der Waals surface area contributed by atoms with Crippen molar-refractivity contribution in [2.24, 2.45) is 5.73 Å². The zero-order valence-corrected chi connectivity index (χ0v) is 12.2. The number of piperazine rings is 1. The lowest BCUT2D eigenvalue weighted by Crippen LogP contribution is -2.60. The van der Waals surface area contributed by atoms with Gasteiger partial charge >= 0.3 is 0 Å². The molecule has 18 heavy (non-hydrogen) atoms. The molecule has 1 fully saturated rings. The fourth-order valence-electron chi connectivity index (χ4n) is 2.69. The van der Waals surface area contributed by atoms with Crippen molar-refractivity contribution < 1.29 is 4.79 Å². The predicted octanol–water partition coefficient (Wildman–Crippen LogP) is -0.182. The SMILES string of the molecule is CCN(CC)C(=O)C(C)N1CCN(C)CC1CN. The van der Waals surface area contributed by atoms with Crippen LogP contribution in [0.3, 0.4) is 0 Å². The molecule has 0 saturated carbocycles. The summed E-state index contributed by atoms with van der Waals surface area (Å²) in [5.41, 5.74) is 5.84. The lowest BCUT2D eigenvalue weighted by Gasteiger charge is -2.43. The molecular weight excluding hydrogens is 228 g/mol. The van der Waals surface area contributed by atoms with Crippen molar-refractivity contribution in [3.05, 3.63) is 0 Å². The average Bonchev–Trinajstić information content (AvgIpc) is 2.39. The second-order valence-corrected chi connectivity index (χ2v) is 5.08. The number of carbonyl (C=O) groups is 1. The zero-order valence-electron chi connectivity index (χ0n) is 12.2. The third-order valence-corrected chi connectivity index (χ3v) is 3.93. The van der Waals surface area contributed by atoms with Crippen molar-refractivity contribution in [2.75, 3.05) is 46.3 Å². The van der Waals surface area contributed by atoms with Gasteiger partial charge in [0, 0.05) is 45.3 Å². The van der Waals surface area contributed by atoms with Gasteiger partial charge in [-0.2, -0.15) is 0 Å². The Balaban J connectivity index is 2.69. The minimum absolute atomic E-state index is 0.0628. The van der Waals surface area contributed by atoms with Crippen molar-refractivity contribution in [3.8, 4) is 0 Å². The van der Waals surface area contributed by atoms with Crippen molar-refractivity contribution in [3.63, 3.8) is 0 Å². The Morgan fingerprint density at radius 3 is 2.50 bits per heavy atom. The summed E-state index contributed by atoms with van der Waals surface area (Å²) in [6.45, 7) is 11.1. The number of likely N-dealkylation sites (N-methyl/N-ethyl adjacent to an activating group) is 2. The van der Waals surface area contributed by atoms with Gasteiger partial charge in [0.05, 0.1) is 6.04 Å². The van der Waals surface area contributed by atoms with E-state index in [2.05, 4.69) is 16.8 Å². The van der Waals surface area contributed by atoms with Gasteiger partial charge < -0.3 is 15.5 Å². The van der Waals surface area contributed by atoms with E-state index in [4.69, 9.17) is 5.73 Å². The second-order valence-electron chi connectivity index (χ2n) is 5.08. The molecule has 0 bridgehead atoms. The molecule has 1 aliphatic rings. The van der Waals surface area contributed by atoms with Crippen LogP contribution in [0.2, 0.25) is 0 Å². The first-order chi connectivity index (χ1) is 8.54. The number of hydrogen-bond acceptors (Lipinski definition) is 4. The Morgan fingerprint density at radius 2 is 2.00 bits per heavy atom. The lowest BCUT2D eigenvalue weighted by molar-refractivity contribution is -0.137. The first-order valence-electron chi connectivity index (χ1n) is 6.98. The normalized spacial score (nSPS) is 23.9. The molecule has 5 nitrogen and oxygen atoms in total. The number of rotatable bonds is 5. The molecule has 5 heteroatoms. The van der Waals surface area contributed by atoms with Crippen LogP contribution < -0.4 is 5.73 Å². The van der Waals surface area contributed by atoms with Crippen LogP contribution in [0.15, 0.2) is 0 Å². The largest absolute Gasteiger partial charge is 0.342 e. The van der Waals surface area contributed by atoms with Crippen LogP contribution in [0, 0.1) is 0 Å². The highest BCUT2D eigenvalue weighted by atomic mass is 16.2. The molecule has 2 N–H and O–H groups in total. The standard InChI is InChI=1S/C13H28N4O/c1-5-16(6-2)13(18)11(3)17-8-7-15(4)10-12(17)9-14/h11-12H,5-10,14H2,1-4H3. The van der Waals surface area contributed by atoms with Gasteiger partial charge in [-0.3, -0.25) is 9.69 Å². The monoisotopic (exact) mass is 256 g/mol. The Labute approximate surface area is 111 Å². The number of carbonyl (C=O) groups excluding carboxylic acids is 1. The second kappa shape index (κ2) is 7.07. The Kier molecular flexibility index (Phi) is 6.05. The maximum absolute atomic E-state index is 12.4. The van der Waals surface area contributed by atoms with Gasteiger partial charge in [-0.25, -0.2) is 0 Å². The van der Waals surface area contributed by atoms with E-state index in [0.717, 1.165) is 32.7 Å². The summed E-state index contributed by atoms with van der Waals surface area (Å²) < 4.78 is 0. The molecule has 106 valence electrons. The highest BCUT2D eigenvalue weighted by Crippen LogP contribution is 2.13. The van der Waals surface area contributed by atoms with E-state index in [9.17, 15) is 4.79 Å². The van der Waals surface area contributed by atoms with Gasteiger partial charge in [0.1, 0.15) is 0 Å². The lowest BCUT2D eigenvalue weighted by atomic mass is 10.1. The Bertz CT molecular complexity index is 268. The summed E-state index contributed by atoms with van der Waals surface area (Å²) in [5.74, 6) is 0.225. The molecule has 2 atom stereocenters. The molecule has 2 unspecified atom stereocenters. The van der Waals surface area contributed by atoms with Gasteiger partial charge in [0.25, 0.3) is 0 Å². The number of hydrogen-bond donors (Lipinski definition) is 1. The van der Waals surface area contributed by atoms with Crippen LogP contribution >= 0.6 is 0 Å². The molecule has 1 saturated heterocycles. The van der Waals surface area contributed by atoms with Gasteiger partial charge in [-0.05, 0) is 27.8 Å². The summed E-state index contributed by atoms with van der Waals surface area (Å²) in [7, 11) is 2.11. The number of nitrogens with zero attached hydrogens (tertiary/aromatic N) is 3.